The summed E-state index contributed by atoms with van der Waals surface area (Å²) < 4.78 is 5.32. The molecule has 2 heterocycles. The number of hydrogen-bond acceptors (Lipinski definition) is 5. The van der Waals surface area contributed by atoms with Crippen molar-refractivity contribution in [1.82, 2.24) is 5.32 Å². The smallest absolute Gasteiger partial charge is 0.251 e. The number of hydrogen-bond donors (Lipinski definition) is 2. The van der Waals surface area contributed by atoms with Gasteiger partial charge in [-0.05, 0) is 43.6 Å². The van der Waals surface area contributed by atoms with Crippen LogP contribution in [-0.4, -0.2) is 56.4 Å². The van der Waals surface area contributed by atoms with Gasteiger partial charge in [0.05, 0.1) is 39.0 Å². The Morgan fingerprint density at radius 2 is 2.04 bits per heavy atom. The number of carbonyl (C=O) groups is 2. The van der Waals surface area contributed by atoms with Gasteiger partial charge in [-0.1, -0.05) is 12.1 Å². The molecule has 2 fully saturated rings. The van der Waals surface area contributed by atoms with Crippen molar-refractivity contribution in [2.24, 2.45) is 10.9 Å². The number of nitrogens with zero attached hydrogens (tertiary/aromatic N) is 2. The van der Waals surface area contributed by atoms with Gasteiger partial charge < -0.3 is 15.0 Å². The second-order valence-corrected chi connectivity index (χ2v) is 7.12. The minimum Gasteiger partial charge on any atom is -0.495 e. The molecule has 3 rings (SSSR count). The van der Waals surface area contributed by atoms with Crippen LogP contribution in [0.25, 0.3) is 0 Å². The van der Waals surface area contributed by atoms with Crippen LogP contribution in [0.15, 0.2) is 29.3 Å². The van der Waals surface area contributed by atoms with E-state index in [9.17, 15) is 9.59 Å². The fourth-order valence-corrected chi connectivity index (χ4v) is 3.76. The summed E-state index contributed by atoms with van der Waals surface area (Å²) >= 11 is 5.21. The summed E-state index contributed by atoms with van der Waals surface area (Å²) in [5.74, 6) is -1.33. The van der Waals surface area contributed by atoms with Crippen molar-refractivity contribution in [3.05, 3.63) is 24.3 Å². The van der Waals surface area contributed by atoms with E-state index < -0.39 is 17.7 Å². The maximum absolute atomic E-state index is 12.9. The molecule has 0 aromatic heterocycles. The molecule has 2 saturated heterocycles. The van der Waals surface area contributed by atoms with Gasteiger partial charge in [0.1, 0.15) is 5.75 Å². The van der Waals surface area contributed by atoms with Crippen LogP contribution in [0.5, 0.6) is 5.75 Å². The van der Waals surface area contributed by atoms with Gasteiger partial charge in [-0.15, -0.1) is 0 Å². The highest BCUT2D eigenvalue weighted by atomic mass is 32.1. The van der Waals surface area contributed by atoms with Gasteiger partial charge in [0.2, 0.25) is 5.91 Å². The number of ether oxygens (including phenoxy) is 1. The van der Waals surface area contributed by atoms with E-state index in [1.165, 1.54) is 55.5 Å². The lowest BCUT2D eigenvalue weighted by atomic mass is 10.1. The van der Waals surface area contributed by atoms with Crippen molar-refractivity contribution >= 4 is 41.0 Å². The van der Waals surface area contributed by atoms with Gasteiger partial charge in [-0.2, -0.15) is 0 Å². The van der Waals surface area contributed by atoms with Gasteiger partial charge in [0.25, 0.3) is 5.91 Å². The third kappa shape index (κ3) is 4.51. The lowest BCUT2D eigenvalue weighted by molar-refractivity contribution is -0.903. The number of nitrogens with one attached hydrogen (secondary N) is 2. The molecule has 2 amide bonds. The first kappa shape index (κ1) is 19.4. The molecule has 0 bridgehead atoms. The standard InChI is InChI=1S/C19H24N4O3S/c1-26-16-8-4-3-7-15(16)23-18(25)14(17(24)21-19(23)27)13-20-9-12-22-10-5-2-6-11-22/h3-4,7-8,13-14H,2,5-6,9-12H2,1H3,(H,21,24,27)/p+1/t14-/m1/s1. The molecular formula is C19H25N4O3S+. The van der Waals surface area contributed by atoms with Gasteiger partial charge in [0, 0.05) is 6.21 Å². The lowest BCUT2D eigenvalue weighted by Gasteiger charge is -2.31. The average Bonchev–Trinajstić information content (AvgIpc) is 2.68. The van der Waals surface area contributed by atoms with Crippen LogP contribution in [-0.2, 0) is 9.59 Å². The first-order valence-corrected chi connectivity index (χ1v) is 9.68. The molecule has 0 unspecified atom stereocenters. The largest absolute Gasteiger partial charge is 0.495 e. The van der Waals surface area contributed by atoms with E-state index >= 15 is 0 Å². The fourth-order valence-electron chi connectivity index (χ4n) is 3.47. The van der Waals surface area contributed by atoms with E-state index in [4.69, 9.17) is 17.0 Å². The van der Waals surface area contributed by atoms with Crippen molar-refractivity contribution < 1.29 is 19.2 Å². The molecule has 144 valence electrons. The Hall–Kier alpha value is -2.32. The monoisotopic (exact) mass is 389 g/mol. The Bertz CT molecular complexity index is 746. The maximum Gasteiger partial charge on any atom is 0.251 e. The first-order valence-electron chi connectivity index (χ1n) is 9.27. The molecule has 0 saturated carbocycles. The van der Waals surface area contributed by atoms with Crippen LogP contribution in [0.4, 0.5) is 5.69 Å². The van der Waals surface area contributed by atoms with Gasteiger partial charge >= 0.3 is 0 Å². The summed E-state index contributed by atoms with van der Waals surface area (Å²) in [5, 5.41) is 2.65. The van der Waals surface area contributed by atoms with E-state index in [0.717, 1.165) is 6.54 Å². The maximum atomic E-state index is 12.9. The molecule has 7 nitrogen and oxygen atoms in total. The Labute approximate surface area is 164 Å². The lowest BCUT2D eigenvalue weighted by Crippen LogP contribution is -3.13. The van der Waals surface area contributed by atoms with Crippen LogP contribution in [0, 0.1) is 5.92 Å². The number of aliphatic imine (C=N–C) groups is 1. The van der Waals surface area contributed by atoms with Crippen LogP contribution in [0.1, 0.15) is 19.3 Å². The second-order valence-electron chi connectivity index (χ2n) is 6.73. The third-order valence-electron chi connectivity index (χ3n) is 4.94. The normalized spacial score (nSPS) is 21.6. The highest BCUT2D eigenvalue weighted by molar-refractivity contribution is 7.80. The van der Waals surface area contributed by atoms with E-state index in [1.807, 2.05) is 0 Å². The van der Waals surface area contributed by atoms with Gasteiger partial charge in [-0.25, -0.2) is 0 Å². The number of quaternary nitrogens is 1. The minimum atomic E-state index is -0.988. The zero-order valence-electron chi connectivity index (χ0n) is 15.4. The van der Waals surface area contributed by atoms with Gasteiger partial charge in [-0.3, -0.25) is 19.5 Å². The Balaban J connectivity index is 1.69. The quantitative estimate of drug-likeness (QED) is 0.414. The third-order valence-corrected chi connectivity index (χ3v) is 5.22. The first-order chi connectivity index (χ1) is 13.1. The fraction of sp³-hybridized carbons (Fsp3) is 0.474. The van der Waals surface area contributed by atoms with E-state index in [-0.39, 0.29) is 5.11 Å². The Morgan fingerprint density at radius 3 is 2.78 bits per heavy atom. The van der Waals surface area contributed by atoms with Gasteiger partial charge in [0.15, 0.2) is 11.0 Å². The number of benzene rings is 1. The van der Waals surface area contributed by atoms with Crippen molar-refractivity contribution in [3.63, 3.8) is 0 Å². The van der Waals surface area contributed by atoms with E-state index in [0.29, 0.717) is 18.0 Å². The SMILES string of the molecule is COc1ccccc1N1C(=O)[C@H](C=NCC[NH+]2CCCCC2)C(=O)NC1=S. The molecule has 8 heteroatoms. The zero-order chi connectivity index (χ0) is 19.2. The number of anilines is 1. The molecule has 2 N–H and O–H groups in total. The summed E-state index contributed by atoms with van der Waals surface area (Å²) in [4.78, 5) is 32.4. The van der Waals surface area contributed by atoms with Crippen molar-refractivity contribution in [2.75, 3.05) is 38.2 Å². The van der Waals surface area contributed by atoms with E-state index in [2.05, 4.69) is 10.3 Å². The molecule has 1 atom stereocenters. The summed E-state index contributed by atoms with van der Waals surface area (Å²) in [6.45, 7) is 3.88. The number of carbonyl (C=O) groups excluding carboxylic acids is 2. The predicted molar refractivity (Wildman–Crippen MR) is 107 cm³/mol. The second kappa shape index (κ2) is 9.05. The highest BCUT2D eigenvalue weighted by Crippen LogP contribution is 2.30. The minimum absolute atomic E-state index is 0.0527. The molecule has 0 radical (unpaired) electrons. The summed E-state index contributed by atoms with van der Waals surface area (Å²) in [5.41, 5.74) is 0.506. The number of methoxy groups -OCH3 is 1. The molecule has 1 aromatic rings. The van der Waals surface area contributed by atoms with Crippen LogP contribution < -0.4 is 19.9 Å². The molecule has 27 heavy (non-hydrogen) atoms. The Kier molecular flexibility index (Phi) is 6.52. The molecule has 1 aromatic carbocycles. The number of thiocarbonyl (C=S) groups is 1. The van der Waals surface area contributed by atoms with E-state index in [1.54, 1.807) is 24.3 Å². The number of amides is 2. The summed E-state index contributed by atoms with van der Waals surface area (Å²) in [6.07, 6.45) is 5.27. The van der Waals surface area contributed by atoms with Crippen LogP contribution in [0.2, 0.25) is 0 Å². The summed E-state index contributed by atoms with van der Waals surface area (Å²) in [6, 6.07) is 7.06. The molecule has 0 aliphatic carbocycles. The predicted octanol–water partition coefficient (Wildman–Crippen LogP) is 0.199. The van der Waals surface area contributed by atoms with Crippen molar-refractivity contribution in [3.8, 4) is 5.75 Å². The number of piperidine rings is 1. The highest BCUT2D eigenvalue weighted by Gasteiger charge is 2.39. The Morgan fingerprint density at radius 1 is 1.30 bits per heavy atom. The van der Waals surface area contributed by atoms with Crippen LogP contribution >= 0.6 is 12.2 Å². The average molecular weight is 390 g/mol. The van der Waals surface area contributed by atoms with Crippen LogP contribution in [0.3, 0.4) is 0 Å². The summed E-state index contributed by atoms with van der Waals surface area (Å²) in [7, 11) is 1.52. The number of para-hydroxylation sites is 2. The molecule has 0 spiro atoms. The topological polar surface area (TPSA) is 75.4 Å². The zero-order valence-corrected chi connectivity index (χ0v) is 16.3. The van der Waals surface area contributed by atoms with Crippen molar-refractivity contribution in [1.29, 1.82) is 0 Å². The number of rotatable bonds is 6. The molecule has 2 aliphatic heterocycles. The number of likely N-dealkylation sites (tertiary alicyclic amines) is 1. The molecular weight excluding hydrogens is 364 g/mol. The van der Waals surface area contributed by atoms with Crippen molar-refractivity contribution in [2.45, 2.75) is 19.3 Å². The molecule has 2 aliphatic rings.